The molecule has 0 nitrogen and oxygen atoms in total. The molecule has 0 amide bonds. The molecule has 0 atom stereocenters. The highest BCUT2D eigenvalue weighted by Crippen LogP contribution is 2.51. The van der Waals surface area contributed by atoms with E-state index in [1.54, 1.807) is 0 Å². The summed E-state index contributed by atoms with van der Waals surface area (Å²) in [5, 5.41) is 5.17. The lowest BCUT2D eigenvalue weighted by Crippen LogP contribution is -2.14. The van der Waals surface area contributed by atoms with E-state index in [4.69, 9.17) is 0 Å². The van der Waals surface area contributed by atoms with Crippen molar-refractivity contribution in [3.63, 3.8) is 0 Å². The molecule has 0 radical (unpaired) electrons. The van der Waals surface area contributed by atoms with Gasteiger partial charge in [-0.05, 0) is 134 Å². The molecule has 43 heavy (non-hydrogen) atoms. The fourth-order valence-electron chi connectivity index (χ4n) is 7.18. The second-order valence-electron chi connectivity index (χ2n) is 12.7. The molecule has 210 valence electrons. The van der Waals surface area contributed by atoms with E-state index in [0.717, 1.165) is 0 Å². The zero-order valence-corrected chi connectivity index (χ0v) is 26.0. The first-order valence-corrected chi connectivity index (χ1v) is 15.4. The minimum absolute atomic E-state index is 0.0513. The van der Waals surface area contributed by atoms with Crippen molar-refractivity contribution in [2.75, 3.05) is 0 Å². The topological polar surface area (TPSA) is 0 Å². The molecule has 0 saturated carbocycles. The number of hydrogen-bond donors (Lipinski definition) is 0. The maximum atomic E-state index is 2.50. The first-order chi connectivity index (χ1) is 20.8. The van der Waals surface area contributed by atoms with Crippen LogP contribution < -0.4 is 0 Å². The van der Waals surface area contributed by atoms with Crippen molar-refractivity contribution in [2.24, 2.45) is 0 Å². The van der Waals surface area contributed by atoms with Crippen molar-refractivity contribution >= 4 is 39.3 Å². The molecular formula is C43H38. The molecular weight excluding hydrogens is 516 g/mol. The fraction of sp³-hybridized carbons (Fsp3) is 0.163. The highest BCUT2D eigenvalue weighted by Gasteiger charge is 2.35. The van der Waals surface area contributed by atoms with Gasteiger partial charge in [-0.15, -0.1) is 0 Å². The van der Waals surface area contributed by atoms with E-state index in [9.17, 15) is 0 Å². The number of hydrogen-bond acceptors (Lipinski definition) is 0. The van der Waals surface area contributed by atoms with E-state index in [1.165, 1.54) is 88.3 Å². The summed E-state index contributed by atoms with van der Waals surface area (Å²) in [6.45, 7) is 13.5. The molecule has 1 aliphatic carbocycles. The first-order valence-electron chi connectivity index (χ1n) is 15.4. The Balaban J connectivity index is 1.48. The zero-order valence-electron chi connectivity index (χ0n) is 26.0. The van der Waals surface area contributed by atoms with Gasteiger partial charge in [0.25, 0.3) is 0 Å². The first kappa shape index (κ1) is 27.2. The van der Waals surface area contributed by atoms with Gasteiger partial charge in [0.1, 0.15) is 0 Å². The highest BCUT2D eigenvalue weighted by molar-refractivity contribution is 6.08. The average Bonchev–Trinajstić information content (AvgIpc) is 3.23. The smallest absolute Gasteiger partial charge is 0.0159 e. The lowest BCUT2D eigenvalue weighted by molar-refractivity contribution is 0.661. The van der Waals surface area contributed by atoms with Crippen LogP contribution in [0.2, 0.25) is 0 Å². The molecule has 0 spiro atoms. The lowest BCUT2D eigenvalue weighted by atomic mass is 9.80. The van der Waals surface area contributed by atoms with Gasteiger partial charge in [0.2, 0.25) is 0 Å². The SMILES string of the molecule is C/C=C\c1cc(C)c(/C=C(\C)c2ccc(-c3ccc4ccccc4c3)c3cc4c(cc23)C(C)(C)c2ccccc2-4)cc1C. The van der Waals surface area contributed by atoms with E-state index in [0.29, 0.717) is 0 Å². The van der Waals surface area contributed by atoms with Crippen LogP contribution in [0.5, 0.6) is 0 Å². The number of benzene rings is 6. The standard InChI is InChI=1S/C43H38/c1-7-12-31-21-28(3)34(22-27(31)2)23-29(4)35-19-20-36(33-18-17-30-13-8-9-14-32(30)24-33)38-25-40-37-15-10-11-16-41(37)43(5,6)42(40)26-39(35)38/h7-26H,1-6H3/b12-7-,29-23+. The van der Waals surface area contributed by atoms with Crippen LogP contribution in [0, 0.1) is 13.8 Å². The molecule has 0 heteroatoms. The third-order valence-electron chi connectivity index (χ3n) is 9.58. The van der Waals surface area contributed by atoms with Crippen molar-refractivity contribution in [1.82, 2.24) is 0 Å². The second-order valence-corrected chi connectivity index (χ2v) is 12.7. The summed E-state index contributed by atoms with van der Waals surface area (Å²) in [5.74, 6) is 0. The molecule has 0 heterocycles. The molecule has 0 aromatic heterocycles. The molecule has 7 rings (SSSR count). The Labute approximate surface area is 256 Å². The molecule has 0 fully saturated rings. The van der Waals surface area contributed by atoms with Crippen LogP contribution in [0.4, 0.5) is 0 Å². The van der Waals surface area contributed by atoms with Crippen molar-refractivity contribution in [3.8, 4) is 22.3 Å². The van der Waals surface area contributed by atoms with Crippen LogP contribution in [-0.2, 0) is 5.41 Å². The van der Waals surface area contributed by atoms with Gasteiger partial charge in [-0.25, -0.2) is 0 Å². The lowest BCUT2D eigenvalue weighted by Gasteiger charge is -2.23. The molecule has 0 bridgehead atoms. The molecule has 0 N–H and O–H groups in total. The Morgan fingerprint density at radius 3 is 2.14 bits per heavy atom. The van der Waals surface area contributed by atoms with E-state index >= 15 is 0 Å². The molecule has 0 saturated heterocycles. The number of rotatable bonds is 4. The van der Waals surface area contributed by atoms with Gasteiger partial charge in [0.15, 0.2) is 0 Å². The Morgan fingerprint density at radius 1 is 0.605 bits per heavy atom. The minimum Gasteiger partial charge on any atom is -0.0871 e. The summed E-state index contributed by atoms with van der Waals surface area (Å²) in [6, 6.07) is 38.8. The summed E-state index contributed by atoms with van der Waals surface area (Å²) < 4.78 is 0. The quantitative estimate of drug-likeness (QED) is 0.190. The van der Waals surface area contributed by atoms with Crippen LogP contribution in [0.15, 0.2) is 109 Å². The zero-order chi connectivity index (χ0) is 29.9. The number of allylic oxidation sites excluding steroid dienone is 2. The molecule has 0 aliphatic heterocycles. The molecule has 1 aliphatic rings. The summed E-state index contributed by atoms with van der Waals surface area (Å²) >= 11 is 0. The van der Waals surface area contributed by atoms with Crippen LogP contribution in [-0.4, -0.2) is 0 Å². The van der Waals surface area contributed by atoms with E-state index < -0.39 is 0 Å². The summed E-state index contributed by atoms with van der Waals surface area (Å²) in [5.41, 5.74) is 15.8. The van der Waals surface area contributed by atoms with Crippen molar-refractivity contribution < 1.29 is 0 Å². The fourth-order valence-corrected chi connectivity index (χ4v) is 7.18. The van der Waals surface area contributed by atoms with Gasteiger partial charge in [0.05, 0.1) is 0 Å². The van der Waals surface area contributed by atoms with Gasteiger partial charge in [-0.3, -0.25) is 0 Å². The van der Waals surface area contributed by atoms with E-state index in [2.05, 4.69) is 163 Å². The van der Waals surface area contributed by atoms with Crippen molar-refractivity contribution in [2.45, 2.75) is 47.0 Å². The number of fused-ring (bicyclic) bond motifs is 5. The van der Waals surface area contributed by atoms with Gasteiger partial charge >= 0.3 is 0 Å². The van der Waals surface area contributed by atoms with Gasteiger partial charge in [-0.2, -0.15) is 0 Å². The maximum absolute atomic E-state index is 2.50. The van der Waals surface area contributed by atoms with Crippen molar-refractivity contribution in [3.05, 3.63) is 148 Å². The van der Waals surface area contributed by atoms with Crippen molar-refractivity contribution in [1.29, 1.82) is 0 Å². The molecule has 6 aromatic carbocycles. The van der Waals surface area contributed by atoms with Crippen LogP contribution in [0.25, 0.3) is 61.5 Å². The summed E-state index contributed by atoms with van der Waals surface area (Å²) in [7, 11) is 0. The predicted octanol–water partition coefficient (Wildman–Crippen LogP) is 12.2. The third kappa shape index (κ3) is 4.45. The third-order valence-corrected chi connectivity index (χ3v) is 9.58. The van der Waals surface area contributed by atoms with E-state index in [1.807, 2.05) is 0 Å². The predicted molar refractivity (Wildman–Crippen MR) is 189 cm³/mol. The maximum Gasteiger partial charge on any atom is 0.0159 e. The average molecular weight is 555 g/mol. The Morgan fingerprint density at radius 2 is 1.33 bits per heavy atom. The number of aryl methyl sites for hydroxylation is 2. The summed E-state index contributed by atoms with van der Waals surface area (Å²) in [4.78, 5) is 0. The Bertz CT molecular complexity index is 2130. The van der Waals surface area contributed by atoms with Crippen LogP contribution in [0.1, 0.15) is 66.6 Å². The normalized spacial score (nSPS) is 14.0. The monoisotopic (exact) mass is 554 g/mol. The highest BCUT2D eigenvalue weighted by atomic mass is 14.4. The van der Waals surface area contributed by atoms with Crippen LogP contribution in [0.3, 0.4) is 0 Å². The van der Waals surface area contributed by atoms with E-state index in [-0.39, 0.29) is 5.41 Å². The van der Waals surface area contributed by atoms with Gasteiger partial charge in [-0.1, -0.05) is 117 Å². The largest absolute Gasteiger partial charge is 0.0871 e. The van der Waals surface area contributed by atoms with Gasteiger partial charge < -0.3 is 0 Å². The minimum atomic E-state index is -0.0513. The molecule has 6 aromatic rings. The van der Waals surface area contributed by atoms with Gasteiger partial charge in [0, 0.05) is 5.41 Å². The second kappa shape index (κ2) is 10.2. The summed E-state index contributed by atoms with van der Waals surface area (Å²) in [6.07, 6.45) is 6.69. The Hall–Kier alpha value is -4.68. The van der Waals surface area contributed by atoms with Crippen LogP contribution >= 0.6 is 0 Å². The Kier molecular flexibility index (Phi) is 6.47. The molecule has 0 unspecified atom stereocenters.